The maximum Gasteiger partial charge on any atom is 0.326 e. The van der Waals surface area contributed by atoms with E-state index in [4.69, 9.17) is 5.11 Å². The van der Waals surface area contributed by atoms with Gasteiger partial charge in [-0.3, -0.25) is 0 Å². The van der Waals surface area contributed by atoms with Crippen LogP contribution in [0.15, 0.2) is 6.33 Å². The standard InChI is InChI=1S/C10H15N5O4/c1-14-5-12-13-8(14)3-11-10(19)15-4-6(16)2-7(15)9(17)18/h5-7,16H,2-4H2,1H3,(H,11,19)(H,17,18)/t6-,7+/m1/s1. The molecule has 1 saturated heterocycles. The van der Waals surface area contributed by atoms with E-state index in [1.807, 2.05) is 0 Å². The molecule has 0 bridgehead atoms. The Labute approximate surface area is 108 Å². The van der Waals surface area contributed by atoms with Crippen LogP contribution in [0.2, 0.25) is 0 Å². The second-order valence-electron chi connectivity index (χ2n) is 4.41. The number of carboxylic acid groups (broad SMARTS) is 1. The minimum atomic E-state index is -1.12. The number of carboxylic acids is 1. The van der Waals surface area contributed by atoms with E-state index in [-0.39, 0.29) is 19.5 Å². The van der Waals surface area contributed by atoms with Crippen molar-refractivity contribution >= 4 is 12.0 Å². The van der Waals surface area contributed by atoms with Gasteiger partial charge in [-0.2, -0.15) is 0 Å². The highest BCUT2D eigenvalue weighted by molar-refractivity contribution is 5.83. The van der Waals surface area contributed by atoms with E-state index >= 15 is 0 Å². The summed E-state index contributed by atoms with van der Waals surface area (Å²) in [7, 11) is 1.74. The number of aryl methyl sites for hydroxylation is 1. The molecule has 2 rings (SSSR count). The number of amides is 2. The number of hydrogen-bond donors (Lipinski definition) is 3. The molecule has 2 amide bonds. The van der Waals surface area contributed by atoms with E-state index in [1.165, 1.54) is 6.33 Å². The average molecular weight is 269 g/mol. The number of aliphatic carboxylic acids is 1. The van der Waals surface area contributed by atoms with Gasteiger partial charge in [-0.1, -0.05) is 0 Å². The minimum Gasteiger partial charge on any atom is -0.480 e. The summed E-state index contributed by atoms with van der Waals surface area (Å²) in [4.78, 5) is 24.0. The number of urea groups is 1. The lowest BCUT2D eigenvalue weighted by molar-refractivity contribution is -0.141. The Balaban J connectivity index is 1.96. The summed E-state index contributed by atoms with van der Waals surface area (Å²) >= 11 is 0. The molecule has 1 fully saturated rings. The number of carbonyl (C=O) groups excluding carboxylic acids is 1. The van der Waals surface area contributed by atoms with Crippen molar-refractivity contribution in [3.8, 4) is 0 Å². The number of carbonyl (C=O) groups is 2. The van der Waals surface area contributed by atoms with Gasteiger partial charge < -0.3 is 25.0 Å². The summed E-state index contributed by atoms with van der Waals surface area (Å²) in [6.45, 7) is 0.163. The fourth-order valence-electron chi connectivity index (χ4n) is 2.00. The van der Waals surface area contributed by atoms with Crippen LogP contribution in [0.4, 0.5) is 4.79 Å². The van der Waals surface area contributed by atoms with Gasteiger partial charge in [-0.05, 0) is 0 Å². The molecule has 1 aliphatic heterocycles. The van der Waals surface area contributed by atoms with Crippen molar-refractivity contribution in [2.24, 2.45) is 7.05 Å². The molecule has 1 aromatic heterocycles. The van der Waals surface area contributed by atoms with Crippen molar-refractivity contribution < 1.29 is 19.8 Å². The molecule has 0 aromatic carbocycles. The van der Waals surface area contributed by atoms with Gasteiger partial charge in [0, 0.05) is 20.0 Å². The molecule has 9 heteroatoms. The Bertz CT molecular complexity index is 488. The minimum absolute atomic E-state index is 0.0155. The second kappa shape index (κ2) is 5.22. The molecule has 3 N–H and O–H groups in total. The van der Waals surface area contributed by atoms with Crippen LogP contribution in [-0.2, 0) is 18.4 Å². The topological polar surface area (TPSA) is 121 Å². The van der Waals surface area contributed by atoms with Crippen molar-refractivity contribution in [2.45, 2.75) is 25.1 Å². The largest absolute Gasteiger partial charge is 0.480 e. The highest BCUT2D eigenvalue weighted by Crippen LogP contribution is 2.18. The Morgan fingerprint density at radius 1 is 1.58 bits per heavy atom. The number of aliphatic hydroxyl groups is 1. The normalized spacial score (nSPS) is 22.5. The fourth-order valence-corrected chi connectivity index (χ4v) is 2.00. The summed E-state index contributed by atoms with van der Waals surface area (Å²) in [5.41, 5.74) is 0. The van der Waals surface area contributed by atoms with Gasteiger partial charge in [0.1, 0.15) is 12.4 Å². The molecule has 0 aliphatic carbocycles. The van der Waals surface area contributed by atoms with Gasteiger partial charge in [0.2, 0.25) is 0 Å². The Hall–Kier alpha value is -2.16. The van der Waals surface area contributed by atoms with Gasteiger partial charge in [0.05, 0.1) is 12.6 Å². The number of nitrogens with one attached hydrogen (secondary N) is 1. The quantitative estimate of drug-likeness (QED) is 0.617. The molecular formula is C10H15N5O4. The number of rotatable bonds is 3. The van der Waals surface area contributed by atoms with E-state index in [1.54, 1.807) is 11.6 Å². The Morgan fingerprint density at radius 2 is 2.32 bits per heavy atom. The van der Waals surface area contributed by atoms with Gasteiger partial charge in [-0.15, -0.1) is 10.2 Å². The molecule has 2 atom stereocenters. The van der Waals surface area contributed by atoms with Gasteiger partial charge in [0.25, 0.3) is 0 Å². The second-order valence-corrected chi connectivity index (χ2v) is 4.41. The monoisotopic (exact) mass is 269 g/mol. The number of likely N-dealkylation sites (tertiary alicyclic amines) is 1. The maximum absolute atomic E-state index is 11.9. The highest BCUT2D eigenvalue weighted by atomic mass is 16.4. The lowest BCUT2D eigenvalue weighted by atomic mass is 10.2. The summed E-state index contributed by atoms with van der Waals surface area (Å²) in [6, 6.07) is -1.53. The van der Waals surface area contributed by atoms with Gasteiger partial charge in [-0.25, -0.2) is 9.59 Å². The molecular weight excluding hydrogens is 254 g/mol. The number of aromatic nitrogens is 3. The molecule has 0 spiro atoms. The average Bonchev–Trinajstić information content (AvgIpc) is 2.92. The first kappa shape index (κ1) is 13.3. The first-order chi connectivity index (χ1) is 8.99. The zero-order chi connectivity index (χ0) is 14.0. The molecule has 1 aliphatic rings. The zero-order valence-corrected chi connectivity index (χ0v) is 10.4. The van der Waals surface area contributed by atoms with Crippen LogP contribution >= 0.6 is 0 Å². The molecule has 1 aromatic rings. The molecule has 0 saturated carbocycles. The zero-order valence-electron chi connectivity index (χ0n) is 10.4. The van der Waals surface area contributed by atoms with Crippen molar-refractivity contribution in [1.82, 2.24) is 25.0 Å². The van der Waals surface area contributed by atoms with Crippen LogP contribution in [-0.4, -0.2) is 60.6 Å². The first-order valence-corrected chi connectivity index (χ1v) is 5.77. The van der Waals surface area contributed by atoms with Crippen molar-refractivity contribution in [3.05, 3.63) is 12.2 Å². The molecule has 2 heterocycles. The molecule has 104 valence electrons. The van der Waals surface area contributed by atoms with Crippen LogP contribution in [0.3, 0.4) is 0 Å². The van der Waals surface area contributed by atoms with E-state index in [9.17, 15) is 14.7 Å². The summed E-state index contributed by atoms with van der Waals surface area (Å²) in [5, 5.41) is 28.5. The van der Waals surface area contributed by atoms with Crippen molar-refractivity contribution in [3.63, 3.8) is 0 Å². The third-order valence-corrected chi connectivity index (χ3v) is 3.03. The number of β-amino-alcohol motifs (C(OH)–C–C–N with tert-alkyl or cyclic N) is 1. The van der Waals surface area contributed by atoms with Crippen molar-refractivity contribution in [2.75, 3.05) is 6.54 Å². The summed E-state index contributed by atoms with van der Waals surface area (Å²) in [6.07, 6.45) is 0.745. The lowest BCUT2D eigenvalue weighted by Gasteiger charge is -2.21. The molecule has 0 unspecified atom stereocenters. The van der Waals surface area contributed by atoms with Crippen LogP contribution < -0.4 is 5.32 Å². The number of nitrogens with zero attached hydrogens (tertiary/aromatic N) is 4. The highest BCUT2D eigenvalue weighted by Gasteiger charge is 2.38. The predicted octanol–water partition coefficient (Wildman–Crippen LogP) is -1.46. The van der Waals surface area contributed by atoms with Crippen molar-refractivity contribution in [1.29, 1.82) is 0 Å². The summed E-state index contributed by atoms with van der Waals surface area (Å²) in [5.74, 6) is -0.565. The SMILES string of the molecule is Cn1cnnc1CNC(=O)N1C[C@H](O)C[C@H]1C(=O)O. The van der Waals surface area contributed by atoms with Gasteiger partial charge >= 0.3 is 12.0 Å². The first-order valence-electron chi connectivity index (χ1n) is 5.77. The van der Waals surface area contributed by atoms with E-state index < -0.39 is 24.1 Å². The Morgan fingerprint density at radius 3 is 2.89 bits per heavy atom. The van der Waals surface area contributed by atoms with E-state index in [2.05, 4.69) is 15.5 Å². The Kier molecular flexibility index (Phi) is 3.65. The fraction of sp³-hybridized carbons (Fsp3) is 0.600. The van der Waals surface area contributed by atoms with Crippen LogP contribution in [0.5, 0.6) is 0 Å². The van der Waals surface area contributed by atoms with Crippen LogP contribution in [0, 0.1) is 0 Å². The third kappa shape index (κ3) is 2.81. The lowest BCUT2D eigenvalue weighted by Crippen LogP contribution is -2.46. The predicted molar refractivity (Wildman–Crippen MR) is 62.0 cm³/mol. The van der Waals surface area contributed by atoms with Crippen LogP contribution in [0.1, 0.15) is 12.2 Å². The van der Waals surface area contributed by atoms with Gasteiger partial charge in [0.15, 0.2) is 5.82 Å². The van der Waals surface area contributed by atoms with E-state index in [0.717, 1.165) is 4.90 Å². The third-order valence-electron chi connectivity index (χ3n) is 3.03. The molecule has 19 heavy (non-hydrogen) atoms. The number of aliphatic hydroxyl groups excluding tert-OH is 1. The van der Waals surface area contributed by atoms with Crippen LogP contribution in [0.25, 0.3) is 0 Å². The smallest absolute Gasteiger partial charge is 0.326 e. The van der Waals surface area contributed by atoms with E-state index in [0.29, 0.717) is 5.82 Å². The molecule has 9 nitrogen and oxygen atoms in total. The summed E-state index contributed by atoms with van der Waals surface area (Å²) < 4.78 is 1.65. The maximum atomic E-state index is 11.9. The number of hydrogen-bond acceptors (Lipinski definition) is 5. The molecule has 0 radical (unpaired) electrons.